The number of hydrogen-bond donors (Lipinski definition) is 1. The van der Waals surface area contributed by atoms with Crippen molar-refractivity contribution in [2.45, 2.75) is 26.9 Å². The highest BCUT2D eigenvalue weighted by molar-refractivity contribution is 5.92. The largest absolute Gasteiger partial charge is 0.463 e. The third-order valence-electron chi connectivity index (χ3n) is 3.68. The quantitative estimate of drug-likeness (QED) is 0.732. The molecule has 0 bridgehead atoms. The second-order valence-electron chi connectivity index (χ2n) is 5.50. The lowest BCUT2D eigenvalue weighted by atomic mass is 10.3. The van der Waals surface area contributed by atoms with Crippen molar-refractivity contribution in [2.75, 3.05) is 6.54 Å². The van der Waals surface area contributed by atoms with E-state index in [-0.39, 0.29) is 24.6 Å². The van der Waals surface area contributed by atoms with Crippen LogP contribution < -0.4 is 10.9 Å². The van der Waals surface area contributed by atoms with Crippen molar-refractivity contribution in [1.29, 1.82) is 0 Å². The van der Waals surface area contributed by atoms with Gasteiger partial charge in [0.15, 0.2) is 5.76 Å². The summed E-state index contributed by atoms with van der Waals surface area (Å²) in [4.78, 5) is 24.2. The van der Waals surface area contributed by atoms with Crippen LogP contribution in [0.2, 0.25) is 0 Å². The van der Waals surface area contributed by atoms with Crippen LogP contribution in [0, 0.1) is 6.92 Å². The van der Waals surface area contributed by atoms with Crippen LogP contribution in [0.25, 0.3) is 11.5 Å². The maximum absolute atomic E-state index is 12.3. The van der Waals surface area contributed by atoms with Gasteiger partial charge in [-0.2, -0.15) is 10.2 Å². The smallest absolute Gasteiger partial charge is 0.269 e. The molecule has 130 valence electrons. The van der Waals surface area contributed by atoms with E-state index in [0.717, 1.165) is 5.69 Å². The van der Waals surface area contributed by atoms with E-state index in [4.69, 9.17) is 4.42 Å². The first-order chi connectivity index (χ1) is 12.1. The van der Waals surface area contributed by atoms with Crippen molar-refractivity contribution in [2.24, 2.45) is 0 Å². The highest BCUT2D eigenvalue weighted by Crippen LogP contribution is 2.14. The minimum Gasteiger partial charge on any atom is -0.463 e. The van der Waals surface area contributed by atoms with E-state index in [1.165, 1.54) is 10.7 Å². The summed E-state index contributed by atoms with van der Waals surface area (Å²) in [7, 11) is 0. The van der Waals surface area contributed by atoms with Gasteiger partial charge in [0.25, 0.3) is 11.5 Å². The highest BCUT2D eigenvalue weighted by Gasteiger charge is 2.13. The number of aromatic nitrogens is 4. The molecule has 8 heteroatoms. The summed E-state index contributed by atoms with van der Waals surface area (Å²) in [6, 6.07) is 8.31. The van der Waals surface area contributed by atoms with Crippen molar-refractivity contribution in [3.8, 4) is 11.5 Å². The van der Waals surface area contributed by atoms with E-state index in [1.807, 2.05) is 13.8 Å². The van der Waals surface area contributed by atoms with Crippen LogP contribution in [-0.4, -0.2) is 32.0 Å². The second kappa shape index (κ2) is 7.16. The molecule has 3 aromatic rings. The standard InChI is InChI=1S/C17H19N5O3/c1-3-21-14(11-12(2)19-21)17(24)18-8-9-22-16(23)7-6-13(20-22)15-5-4-10-25-15/h4-7,10-11H,3,8-9H2,1-2H3,(H,18,24). The minimum atomic E-state index is -0.237. The Labute approximate surface area is 144 Å². The number of hydrogen-bond acceptors (Lipinski definition) is 5. The number of carbonyl (C=O) groups excluding carboxylic acids is 1. The maximum atomic E-state index is 12.3. The van der Waals surface area contributed by atoms with Gasteiger partial charge in [0, 0.05) is 19.2 Å². The molecule has 0 radical (unpaired) electrons. The summed E-state index contributed by atoms with van der Waals surface area (Å²) in [5, 5.41) is 11.3. The Balaban J connectivity index is 1.67. The Bertz CT molecular complexity index is 924. The first-order valence-electron chi connectivity index (χ1n) is 8.03. The molecule has 1 amide bonds. The molecule has 0 unspecified atom stereocenters. The number of rotatable bonds is 6. The van der Waals surface area contributed by atoms with Gasteiger partial charge in [0.05, 0.1) is 18.5 Å². The van der Waals surface area contributed by atoms with E-state index in [2.05, 4.69) is 15.5 Å². The SMILES string of the molecule is CCn1nc(C)cc1C(=O)NCCn1nc(-c2ccco2)ccc1=O. The van der Waals surface area contributed by atoms with Crippen LogP contribution in [0.3, 0.4) is 0 Å². The first kappa shape index (κ1) is 16.7. The summed E-state index contributed by atoms with van der Waals surface area (Å²) in [5.41, 5.74) is 1.62. The molecule has 0 spiro atoms. The molecule has 0 fully saturated rings. The molecule has 25 heavy (non-hydrogen) atoms. The Morgan fingerprint density at radius 1 is 1.24 bits per heavy atom. The fourth-order valence-corrected chi connectivity index (χ4v) is 2.50. The summed E-state index contributed by atoms with van der Waals surface area (Å²) in [6.07, 6.45) is 1.55. The van der Waals surface area contributed by atoms with Crippen molar-refractivity contribution in [3.63, 3.8) is 0 Å². The molecule has 8 nitrogen and oxygen atoms in total. The van der Waals surface area contributed by atoms with E-state index in [1.54, 1.807) is 35.2 Å². The van der Waals surface area contributed by atoms with E-state index >= 15 is 0 Å². The van der Waals surface area contributed by atoms with Crippen LogP contribution >= 0.6 is 0 Å². The third-order valence-corrected chi connectivity index (χ3v) is 3.68. The number of amides is 1. The molecule has 0 saturated carbocycles. The molecule has 1 N–H and O–H groups in total. The van der Waals surface area contributed by atoms with Gasteiger partial charge in [-0.25, -0.2) is 4.68 Å². The van der Waals surface area contributed by atoms with Crippen molar-refractivity contribution >= 4 is 5.91 Å². The zero-order chi connectivity index (χ0) is 17.8. The van der Waals surface area contributed by atoms with Crippen LogP contribution in [0.15, 0.2) is 45.8 Å². The lowest BCUT2D eigenvalue weighted by Gasteiger charge is -2.08. The van der Waals surface area contributed by atoms with E-state index < -0.39 is 0 Å². The summed E-state index contributed by atoms with van der Waals surface area (Å²) < 4.78 is 8.24. The molecule has 0 aliphatic heterocycles. The normalized spacial score (nSPS) is 10.8. The Hall–Kier alpha value is -3.16. The minimum absolute atomic E-state index is 0.224. The molecule has 0 aliphatic rings. The van der Waals surface area contributed by atoms with E-state index in [0.29, 0.717) is 23.7 Å². The van der Waals surface area contributed by atoms with Crippen molar-refractivity contribution in [3.05, 3.63) is 58.3 Å². The molecule has 0 atom stereocenters. The zero-order valence-electron chi connectivity index (χ0n) is 14.1. The fraction of sp³-hybridized carbons (Fsp3) is 0.294. The highest BCUT2D eigenvalue weighted by atomic mass is 16.3. The number of aryl methyl sites for hydroxylation is 2. The lowest BCUT2D eigenvalue weighted by Crippen LogP contribution is -2.33. The van der Waals surface area contributed by atoms with E-state index in [9.17, 15) is 9.59 Å². The van der Waals surface area contributed by atoms with Crippen LogP contribution in [-0.2, 0) is 13.1 Å². The first-order valence-corrected chi connectivity index (χ1v) is 8.03. The van der Waals surface area contributed by atoms with Gasteiger partial charge in [-0.15, -0.1) is 0 Å². The van der Waals surface area contributed by atoms with Gasteiger partial charge in [-0.3, -0.25) is 14.3 Å². The molecule has 3 aromatic heterocycles. The molecule has 3 heterocycles. The van der Waals surface area contributed by atoms with Gasteiger partial charge >= 0.3 is 0 Å². The molecular weight excluding hydrogens is 322 g/mol. The van der Waals surface area contributed by atoms with Gasteiger partial charge in [-0.1, -0.05) is 0 Å². The molecule has 0 aliphatic carbocycles. The van der Waals surface area contributed by atoms with Gasteiger partial charge < -0.3 is 9.73 Å². The van der Waals surface area contributed by atoms with Gasteiger partial charge in [-0.05, 0) is 38.1 Å². The zero-order valence-corrected chi connectivity index (χ0v) is 14.1. The van der Waals surface area contributed by atoms with Crippen LogP contribution in [0.4, 0.5) is 0 Å². The average Bonchev–Trinajstić information content (AvgIpc) is 3.25. The molecular formula is C17H19N5O3. The Kier molecular flexibility index (Phi) is 4.78. The van der Waals surface area contributed by atoms with Crippen molar-refractivity contribution < 1.29 is 9.21 Å². The summed E-state index contributed by atoms with van der Waals surface area (Å²) in [5.74, 6) is 0.359. The van der Waals surface area contributed by atoms with Gasteiger partial charge in [0.1, 0.15) is 11.4 Å². The number of furan rings is 1. The number of nitrogens with one attached hydrogen (secondary N) is 1. The summed E-state index contributed by atoms with van der Waals surface area (Å²) in [6.45, 7) is 4.92. The molecule has 0 aromatic carbocycles. The number of carbonyl (C=O) groups is 1. The Morgan fingerprint density at radius 3 is 2.80 bits per heavy atom. The van der Waals surface area contributed by atoms with Crippen LogP contribution in [0.5, 0.6) is 0 Å². The maximum Gasteiger partial charge on any atom is 0.269 e. The second-order valence-corrected chi connectivity index (χ2v) is 5.50. The lowest BCUT2D eigenvalue weighted by molar-refractivity contribution is 0.0941. The number of nitrogens with zero attached hydrogens (tertiary/aromatic N) is 4. The van der Waals surface area contributed by atoms with Crippen LogP contribution in [0.1, 0.15) is 23.1 Å². The summed E-state index contributed by atoms with van der Waals surface area (Å²) >= 11 is 0. The van der Waals surface area contributed by atoms with Crippen molar-refractivity contribution in [1.82, 2.24) is 24.9 Å². The Morgan fingerprint density at radius 2 is 2.08 bits per heavy atom. The van der Waals surface area contributed by atoms with Gasteiger partial charge in [0.2, 0.25) is 0 Å². The third kappa shape index (κ3) is 3.68. The molecule has 0 saturated heterocycles. The topological polar surface area (TPSA) is 95.0 Å². The fourth-order valence-electron chi connectivity index (χ4n) is 2.50. The average molecular weight is 341 g/mol. The predicted molar refractivity (Wildman–Crippen MR) is 91.2 cm³/mol. The predicted octanol–water partition coefficient (Wildman–Crippen LogP) is 1.46. The molecule has 3 rings (SSSR count). The monoisotopic (exact) mass is 341 g/mol.